The molecule has 0 aliphatic heterocycles. The molecule has 1 aromatic heterocycles. The van der Waals surface area contributed by atoms with Crippen molar-refractivity contribution >= 4 is 0 Å². The molecule has 0 amide bonds. The number of rotatable bonds is 5. The molecule has 1 heterocycles. The zero-order valence-electron chi connectivity index (χ0n) is 9.44. The van der Waals surface area contributed by atoms with E-state index in [1.807, 2.05) is 6.92 Å². The van der Waals surface area contributed by atoms with Crippen LogP contribution in [0.5, 0.6) is 0 Å². The summed E-state index contributed by atoms with van der Waals surface area (Å²) in [4.78, 5) is 11.4. The average Bonchev–Trinajstić information content (AvgIpc) is 2.23. The van der Waals surface area contributed by atoms with E-state index < -0.39 is 0 Å². The van der Waals surface area contributed by atoms with Crippen LogP contribution in [0.1, 0.15) is 31.9 Å². The minimum atomic E-state index is -0.0364. The van der Waals surface area contributed by atoms with Gasteiger partial charge < -0.3 is 5.73 Å². The van der Waals surface area contributed by atoms with E-state index in [1.54, 1.807) is 12.1 Å². The van der Waals surface area contributed by atoms with Gasteiger partial charge in [-0.25, -0.2) is 4.68 Å². The largest absolute Gasteiger partial charge is 0.328 e. The van der Waals surface area contributed by atoms with Crippen LogP contribution in [-0.2, 0) is 6.54 Å². The summed E-state index contributed by atoms with van der Waals surface area (Å²) in [5.41, 5.74) is 6.63. The zero-order chi connectivity index (χ0) is 11.3. The third-order valence-corrected chi connectivity index (χ3v) is 2.47. The van der Waals surface area contributed by atoms with E-state index in [0.29, 0.717) is 6.54 Å². The van der Waals surface area contributed by atoms with Gasteiger partial charge in [0.25, 0.3) is 5.56 Å². The highest BCUT2D eigenvalue weighted by atomic mass is 16.1. The molecular formula is C11H19N3O. The Hall–Kier alpha value is -1.16. The molecule has 0 saturated carbocycles. The Morgan fingerprint density at radius 3 is 2.93 bits per heavy atom. The maximum Gasteiger partial charge on any atom is 0.266 e. The van der Waals surface area contributed by atoms with E-state index in [2.05, 4.69) is 12.0 Å². The number of hydrogen-bond acceptors (Lipinski definition) is 3. The molecule has 0 aromatic carbocycles. The first-order valence-corrected chi connectivity index (χ1v) is 5.44. The summed E-state index contributed by atoms with van der Waals surface area (Å²) in [6.07, 6.45) is 2.83. The highest BCUT2D eigenvalue weighted by Crippen LogP contribution is 1.99. The van der Waals surface area contributed by atoms with Crippen LogP contribution in [0.25, 0.3) is 0 Å². The van der Waals surface area contributed by atoms with Crippen molar-refractivity contribution in [3.05, 3.63) is 28.2 Å². The number of nitrogens with zero attached hydrogens (tertiary/aromatic N) is 2. The lowest BCUT2D eigenvalue weighted by molar-refractivity contribution is 0.484. The lowest BCUT2D eigenvalue weighted by Gasteiger charge is -2.09. The van der Waals surface area contributed by atoms with Gasteiger partial charge in [0, 0.05) is 18.7 Å². The van der Waals surface area contributed by atoms with E-state index in [4.69, 9.17) is 5.73 Å². The predicted molar refractivity (Wildman–Crippen MR) is 60.7 cm³/mol. The fraction of sp³-hybridized carbons (Fsp3) is 0.636. The first kappa shape index (κ1) is 11.9. The van der Waals surface area contributed by atoms with Gasteiger partial charge in [0.2, 0.25) is 0 Å². The average molecular weight is 209 g/mol. The first-order chi connectivity index (χ1) is 7.13. The molecule has 1 unspecified atom stereocenters. The molecule has 1 rings (SSSR count). The van der Waals surface area contributed by atoms with Gasteiger partial charge in [-0.3, -0.25) is 4.79 Å². The van der Waals surface area contributed by atoms with Gasteiger partial charge in [0.05, 0.1) is 5.69 Å². The Morgan fingerprint density at radius 2 is 2.27 bits per heavy atom. The molecular weight excluding hydrogens is 190 g/mol. The van der Waals surface area contributed by atoms with Gasteiger partial charge in [-0.1, -0.05) is 6.92 Å². The van der Waals surface area contributed by atoms with Crippen LogP contribution >= 0.6 is 0 Å². The molecule has 0 aliphatic rings. The summed E-state index contributed by atoms with van der Waals surface area (Å²) in [5, 5.41) is 4.16. The Morgan fingerprint density at radius 1 is 1.53 bits per heavy atom. The van der Waals surface area contributed by atoms with E-state index in [0.717, 1.165) is 25.0 Å². The fourth-order valence-electron chi connectivity index (χ4n) is 1.42. The maximum atomic E-state index is 11.4. The molecule has 2 N–H and O–H groups in total. The van der Waals surface area contributed by atoms with Gasteiger partial charge in [0.1, 0.15) is 0 Å². The van der Waals surface area contributed by atoms with Crippen molar-refractivity contribution < 1.29 is 0 Å². The highest BCUT2D eigenvalue weighted by molar-refractivity contribution is 4.96. The summed E-state index contributed by atoms with van der Waals surface area (Å²) >= 11 is 0. The Labute approximate surface area is 90.1 Å². The zero-order valence-corrected chi connectivity index (χ0v) is 9.44. The minimum absolute atomic E-state index is 0.0364. The Bertz CT molecular complexity index is 359. The smallest absolute Gasteiger partial charge is 0.266 e. The lowest BCUT2D eigenvalue weighted by Crippen LogP contribution is -2.24. The monoisotopic (exact) mass is 209 g/mol. The summed E-state index contributed by atoms with van der Waals surface area (Å²) in [5.74, 6) is 0. The second kappa shape index (κ2) is 5.66. The number of hydrogen-bond donors (Lipinski definition) is 1. The van der Waals surface area contributed by atoms with Crippen LogP contribution in [0.4, 0.5) is 0 Å². The van der Waals surface area contributed by atoms with Crippen LogP contribution < -0.4 is 11.3 Å². The molecule has 0 radical (unpaired) electrons. The topological polar surface area (TPSA) is 60.9 Å². The van der Waals surface area contributed by atoms with Crippen molar-refractivity contribution in [3.8, 4) is 0 Å². The summed E-state index contributed by atoms with van der Waals surface area (Å²) in [7, 11) is 0. The summed E-state index contributed by atoms with van der Waals surface area (Å²) < 4.78 is 1.51. The van der Waals surface area contributed by atoms with Crippen LogP contribution in [0, 0.1) is 6.92 Å². The van der Waals surface area contributed by atoms with Crippen molar-refractivity contribution in [3.63, 3.8) is 0 Å². The van der Waals surface area contributed by atoms with Gasteiger partial charge in [-0.2, -0.15) is 5.10 Å². The van der Waals surface area contributed by atoms with Crippen LogP contribution in [0.2, 0.25) is 0 Å². The Balaban J connectivity index is 2.50. The number of nitrogens with two attached hydrogens (primary N) is 1. The standard InChI is InChI=1S/C11H19N3O/c1-3-10(12)5-4-8-14-11(15)7-6-9(2)13-14/h6-7,10H,3-5,8,12H2,1-2H3. The number of aryl methyl sites for hydroxylation is 2. The van der Waals surface area contributed by atoms with Crippen molar-refractivity contribution in [2.24, 2.45) is 5.73 Å². The maximum absolute atomic E-state index is 11.4. The second-order valence-electron chi connectivity index (χ2n) is 3.85. The van der Waals surface area contributed by atoms with Gasteiger partial charge in [-0.05, 0) is 32.3 Å². The SMILES string of the molecule is CCC(N)CCCn1nc(C)ccc1=O. The van der Waals surface area contributed by atoms with Crippen molar-refractivity contribution in [1.82, 2.24) is 9.78 Å². The molecule has 0 fully saturated rings. The number of aromatic nitrogens is 2. The Kier molecular flexibility index (Phi) is 4.49. The van der Waals surface area contributed by atoms with Crippen molar-refractivity contribution in [2.75, 3.05) is 0 Å². The van der Waals surface area contributed by atoms with E-state index in [9.17, 15) is 4.79 Å². The van der Waals surface area contributed by atoms with Gasteiger partial charge in [0.15, 0.2) is 0 Å². The highest BCUT2D eigenvalue weighted by Gasteiger charge is 2.01. The van der Waals surface area contributed by atoms with Crippen LogP contribution in [-0.4, -0.2) is 15.8 Å². The summed E-state index contributed by atoms with van der Waals surface area (Å²) in [6, 6.07) is 3.53. The summed E-state index contributed by atoms with van der Waals surface area (Å²) in [6.45, 7) is 4.61. The third-order valence-electron chi connectivity index (χ3n) is 2.47. The molecule has 0 spiro atoms. The molecule has 0 aliphatic carbocycles. The van der Waals surface area contributed by atoms with E-state index >= 15 is 0 Å². The molecule has 4 nitrogen and oxygen atoms in total. The van der Waals surface area contributed by atoms with Crippen molar-refractivity contribution in [1.29, 1.82) is 0 Å². The van der Waals surface area contributed by atoms with Gasteiger partial charge in [-0.15, -0.1) is 0 Å². The minimum Gasteiger partial charge on any atom is -0.328 e. The molecule has 0 saturated heterocycles. The van der Waals surface area contributed by atoms with E-state index in [1.165, 1.54) is 4.68 Å². The quantitative estimate of drug-likeness (QED) is 0.789. The van der Waals surface area contributed by atoms with E-state index in [-0.39, 0.29) is 11.6 Å². The molecule has 1 aromatic rings. The third kappa shape index (κ3) is 3.83. The molecule has 15 heavy (non-hydrogen) atoms. The molecule has 0 bridgehead atoms. The molecule has 1 atom stereocenters. The molecule has 4 heteroatoms. The van der Waals surface area contributed by atoms with Crippen molar-refractivity contribution in [2.45, 2.75) is 45.7 Å². The lowest BCUT2D eigenvalue weighted by atomic mass is 10.1. The second-order valence-corrected chi connectivity index (χ2v) is 3.85. The predicted octanol–water partition coefficient (Wildman–Crippen LogP) is 1.07. The fourth-order valence-corrected chi connectivity index (χ4v) is 1.42. The van der Waals surface area contributed by atoms with Crippen LogP contribution in [0.3, 0.4) is 0 Å². The first-order valence-electron chi connectivity index (χ1n) is 5.44. The normalized spacial score (nSPS) is 12.7. The molecule has 84 valence electrons. The van der Waals surface area contributed by atoms with Crippen LogP contribution in [0.15, 0.2) is 16.9 Å². The van der Waals surface area contributed by atoms with Gasteiger partial charge >= 0.3 is 0 Å².